The number of hydrogen-bond donors (Lipinski definition) is 2. The van der Waals surface area contributed by atoms with E-state index in [9.17, 15) is 8.78 Å². The Bertz CT molecular complexity index is 767. The van der Waals surface area contributed by atoms with Crippen molar-refractivity contribution in [3.05, 3.63) is 52.7 Å². The molecule has 1 fully saturated rings. The van der Waals surface area contributed by atoms with Crippen molar-refractivity contribution < 1.29 is 8.78 Å². The first-order valence-electron chi connectivity index (χ1n) is 7.64. The van der Waals surface area contributed by atoms with Crippen molar-refractivity contribution in [3.8, 4) is 0 Å². The van der Waals surface area contributed by atoms with E-state index in [4.69, 9.17) is 11.5 Å². The molecule has 3 rings (SSSR count). The molecule has 23 heavy (non-hydrogen) atoms. The molecule has 0 amide bonds. The first-order chi connectivity index (χ1) is 11.0. The van der Waals surface area contributed by atoms with E-state index in [0.29, 0.717) is 17.7 Å². The summed E-state index contributed by atoms with van der Waals surface area (Å²) in [5, 5.41) is 0. The Labute approximate surface area is 134 Å². The first kappa shape index (κ1) is 15.5. The van der Waals surface area contributed by atoms with Gasteiger partial charge in [0.05, 0.1) is 5.69 Å². The summed E-state index contributed by atoms with van der Waals surface area (Å²) in [5.41, 5.74) is 12.9. The first-order valence-corrected chi connectivity index (χ1v) is 7.64. The summed E-state index contributed by atoms with van der Waals surface area (Å²) in [7, 11) is 0. The highest BCUT2D eigenvalue weighted by atomic mass is 19.1. The Kier molecular flexibility index (Phi) is 4.03. The average molecular weight is 315 g/mol. The van der Waals surface area contributed by atoms with E-state index in [-0.39, 0.29) is 11.3 Å². The third kappa shape index (κ3) is 3.18. The lowest BCUT2D eigenvalue weighted by molar-refractivity contribution is 0.582. The molecule has 0 saturated heterocycles. The highest BCUT2D eigenvalue weighted by Crippen LogP contribution is 2.43. The van der Waals surface area contributed by atoms with Gasteiger partial charge in [0.1, 0.15) is 11.6 Å². The zero-order valence-corrected chi connectivity index (χ0v) is 12.9. The van der Waals surface area contributed by atoms with Crippen LogP contribution in [-0.2, 0) is 0 Å². The predicted octanol–water partition coefficient (Wildman–Crippen LogP) is 4.21. The third-order valence-electron chi connectivity index (χ3n) is 4.39. The molecule has 3 nitrogen and oxygen atoms in total. The van der Waals surface area contributed by atoms with Gasteiger partial charge in [-0.2, -0.15) is 0 Å². The Morgan fingerprint density at radius 2 is 1.96 bits per heavy atom. The number of nitrogens with zero attached hydrogens (tertiary/aromatic N) is 1. The molecule has 2 aromatic rings. The number of aromatic nitrogens is 1. The van der Waals surface area contributed by atoms with Crippen LogP contribution >= 0.6 is 0 Å². The molecule has 1 aliphatic carbocycles. The van der Waals surface area contributed by atoms with E-state index >= 15 is 0 Å². The van der Waals surface area contributed by atoms with Crippen LogP contribution < -0.4 is 11.5 Å². The van der Waals surface area contributed by atoms with Gasteiger partial charge in [-0.05, 0) is 60.1 Å². The van der Waals surface area contributed by atoms with Crippen LogP contribution in [0.3, 0.4) is 0 Å². The van der Waals surface area contributed by atoms with Crippen molar-refractivity contribution in [3.63, 3.8) is 0 Å². The number of nitrogens with two attached hydrogens (primary N) is 2. The fraction of sp³-hybridized carbons (Fsp3) is 0.278. The summed E-state index contributed by atoms with van der Waals surface area (Å²) in [4.78, 5) is 4.20. The monoisotopic (exact) mass is 315 g/mol. The van der Waals surface area contributed by atoms with Gasteiger partial charge in [-0.3, -0.25) is 0 Å². The molecule has 120 valence electrons. The molecule has 4 N–H and O–H groups in total. The van der Waals surface area contributed by atoms with Crippen LogP contribution in [0, 0.1) is 17.6 Å². The lowest BCUT2D eigenvalue weighted by Crippen LogP contribution is -2.03. The minimum atomic E-state index is -0.753. The molecule has 1 unspecified atom stereocenters. The van der Waals surface area contributed by atoms with E-state index in [1.165, 1.54) is 25.0 Å². The van der Waals surface area contributed by atoms with Crippen LogP contribution in [0.25, 0.3) is 12.2 Å². The molecule has 1 saturated carbocycles. The third-order valence-corrected chi connectivity index (χ3v) is 4.39. The molecular formula is C18H19F2N3. The molecule has 0 bridgehead atoms. The van der Waals surface area contributed by atoms with Crippen LogP contribution in [0.1, 0.15) is 42.4 Å². The molecule has 0 aliphatic heterocycles. The molecule has 5 heteroatoms. The Morgan fingerprint density at radius 1 is 1.22 bits per heavy atom. The second kappa shape index (κ2) is 5.99. The Balaban J connectivity index is 1.91. The van der Waals surface area contributed by atoms with Gasteiger partial charge in [-0.15, -0.1) is 0 Å². The van der Waals surface area contributed by atoms with Gasteiger partial charge in [-0.1, -0.05) is 13.0 Å². The number of nitrogen functional groups attached to an aromatic ring is 2. The maximum atomic E-state index is 13.9. The maximum absolute atomic E-state index is 13.9. The molecule has 1 aromatic carbocycles. The number of pyridine rings is 1. The van der Waals surface area contributed by atoms with E-state index in [2.05, 4.69) is 11.9 Å². The molecule has 1 atom stereocenters. The maximum Gasteiger partial charge on any atom is 0.156 e. The van der Waals surface area contributed by atoms with Crippen LogP contribution in [-0.4, -0.2) is 4.98 Å². The topological polar surface area (TPSA) is 64.9 Å². The summed E-state index contributed by atoms with van der Waals surface area (Å²) in [6, 6.07) is 4.30. The summed E-state index contributed by atoms with van der Waals surface area (Å²) in [6.45, 7) is 2.13. The molecule has 1 aliphatic rings. The van der Waals surface area contributed by atoms with Crippen molar-refractivity contribution in [2.24, 2.45) is 5.92 Å². The van der Waals surface area contributed by atoms with E-state index < -0.39 is 11.6 Å². The van der Waals surface area contributed by atoms with Crippen molar-refractivity contribution in [2.75, 3.05) is 11.5 Å². The fourth-order valence-corrected chi connectivity index (χ4v) is 2.73. The SMILES string of the molecule is CC(c1cc(C=Cc2c(F)ccc(N)c2F)cnc1N)C1CC1. The van der Waals surface area contributed by atoms with Gasteiger partial charge in [0.25, 0.3) is 0 Å². The molecule has 0 radical (unpaired) electrons. The lowest BCUT2D eigenvalue weighted by Gasteiger charge is -2.13. The van der Waals surface area contributed by atoms with Gasteiger partial charge in [0.2, 0.25) is 0 Å². The van der Waals surface area contributed by atoms with Crippen molar-refractivity contribution in [1.82, 2.24) is 4.98 Å². The van der Waals surface area contributed by atoms with Crippen molar-refractivity contribution >= 4 is 23.7 Å². The predicted molar refractivity (Wildman–Crippen MR) is 89.5 cm³/mol. The van der Waals surface area contributed by atoms with Crippen LogP contribution in [0.2, 0.25) is 0 Å². The largest absolute Gasteiger partial charge is 0.396 e. The molecular weight excluding hydrogens is 296 g/mol. The minimum Gasteiger partial charge on any atom is -0.396 e. The zero-order valence-electron chi connectivity index (χ0n) is 12.9. The standard InChI is InChI=1S/C18H19F2N3/c1-10(12-3-4-12)14-8-11(9-23-18(14)22)2-5-13-15(19)6-7-16(21)17(13)20/h2,5-10,12H,3-4,21H2,1H3,(H2,22,23). The number of rotatable bonds is 4. The van der Waals surface area contributed by atoms with E-state index in [1.807, 2.05) is 6.07 Å². The normalized spacial score (nSPS) is 16.0. The average Bonchev–Trinajstić information content (AvgIpc) is 3.37. The quantitative estimate of drug-likeness (QED) is 0.831. The van der Waals surface area contributed by atoms with Crippen molar-refractivity contribution in [1.29, 1.82) is 0 Å². The molecule has 1 heterocycles. The highest BCUT2D eigenvalue weighted by Gasteiger charge is 2.30. The highest BCUT2D eigenvalue weighted by molar-refractivity contribution is 5.72. The molecule has 0 spiro atoms. The number of benzene rings is 1. The number of halogens is 2. The number of anilines is 2. The van der Waals surface area contributed by atoms with Gasteiger partial charge in [0, 0.05) is 11.8 Å². The summed E-state index contributed by atoms with van der Waals surface area (Å²) in [6.07, 6.45) is 7.01. The van der Waals surface area contributed by atoms with Gasteiger partial charge < -0.3 is 11.5 Å². The second-order valence-electron chi connectivity index (χ2n) is 6.07. The fourth-order valence-electron chi connectivity index (χ4n) is 2.73. The van der Waals surface area contributed by atoms with Gasteiger partial charge in [-0.25, -0.2) is 13.8 Å². The van der Waals surface area contributed by atoms with Crippen LogP contribution in [0.4, 0.5) is 20.3 Å². The second-order valence-corrected chi connectivity index (χ2v) is 6.07. The van der Waals surface area contributed by atoms with Crippen LogP contribution in [0.5, 0.6) is 0 Å². The van der Waals surface area contributed by atoms with Crippen molar-refractivity contribution in [2.45, 2.75) is 25.7 Å². The number of hydrogen-bond acceptors (Lipinski definition) is 3. The summed E-state index contributed by atoms with van der Waals surface area (Å²) < 4.78 is 27.6. The Hall–Kier alpha value is -2.43. The minimum absolute atomic E-state index is 0.0791. The summed E-state index contributed by atoms with van der Waals surface area (Å²) >= 11 is 0. The summed E-state index contributed by atoms with van der Waals surface area (Å²) in [5.74, 6) is 0.112. The Morgan fingerprint density at radius 3 is 2.65 bits per heavy atom. The van der Waals surface area contributed by atoms with Crippen LogP contribution in [0.15, 0.2) is 24.4 Å². The van der Waals surface area contributed by atoms with E-state index in [1.54, 1.807) is 12.3 Å². The van der Waals surface area contributed by atoms with Gasteiger partial charge >= 0.3 is 0 Å². The smallest absolute Gasteiger partial charge is 0.156 e. The molecule has 1 aromatic heterocycles. The lowest BCUT2D eigenvalue weighted by atomic mass is 9.95. The zero-order chi connectivity index (χ0) is 16.6. The van der Waals surface area contributed by atoms with Gasteiger partial charge in [0.15, 0.2) is 5.82 Å². The van der Waals surface area contributed by atoms with E-state index in [0.717, 1.165) is 17.2 Å².